The first-order chi connectivity index (χ1) is 16.2. The maximum Gasteiger partial charge on any atom is 0.321 e. The summed E-state index contributed by atoms with van der Waals surface area (Å²) in [6, 6.07) is 11.1. The van der Waals surface area contributed by atoms with Crippen LogP contribution >= 0.6 is 0 Å². The number of esters is 1. The van der Waals surface area contributed by atoms with Crippen LogP contribution in [0.25, 0.3) is 0 Å². The number of Topliss-reactive ketones (excluding diaryl/α,β-unsaturated/α-hetero) is 1. The molecule has 0 saturated heterocycles. The van der Waals surface area contributed by atoms with Crippen LogP contribution in [0, 0.1) is 15.9 Å². The topological polar surface area (TPSA) is 158 Å². The number of sulfonamides is 1. The van der Waals surface area contributed by atoms with Crippen molar-refractivity contribution in [3.8, 4) is 0 Å². The summed E-state index contributed by atoms with van der Waals surface area (Å²) in [6.07, 6.45) is 1.44. The van der Waals surface area contributed by atoms with Gasteiger partial charge in [-0.2, -0.15) is 4.72 Å². The van der Waals surface area contributed by atoms with Crippen LogP contribution < -0.4 is 10.0 Å². The van der Waals surface area contributed by atoms with Crippen LogP contribution in [0.5, 0.6) is 0 Å². The lowest BCUT2D eigenvalue weighted by molar-refractivity contribution is -0.384. The van der Waals surface area contributed by atoms with E-state index >= 15 is 0 Å². The van der Waals surface area contributed by atoms with Crippen LogP contribution in [0.2, 0.25) is 0 Å². The van der Waals surface area contributed by atoms with Gasteiger partial charge in [-0.15, -0.1) is 0 Å². The first-order valence-corrected chi connectivity index (χ1v) is 11.1. The summed E-state index contributed by atoms with van der Waals surface area (Å²) in [5, 5.41) is 14.2. The number of halogens is 1. The van der Waals surface area contributed by atoms with Crippen LogP contribution in [-0.2, 0) is 26.1 Å². The average Bonchev–Trinajstić information content (AvgIpc) is 3.34. The van der Waals surface area contributed by atoms with Crippen molar-refractivity contribution in [3.63, 3.8) is 0 Å². The fraction of sp³-hybridized carbons (Fsp3) is 0.143. The quantitative estimate of drug-likeness (QED) is 0.178. The molecule has 0 aliphatic rings. The number of anilines is 1. The highest BCUT2D eigenvalue weighted by Gasteiger charge is 2.22. The standard InChI is InChI=1S/C21H18FN3O8S/c22-15-5-3-14(4-6-15)20(26)13-33-21(27)12-24-34(30,31)17-7-8-18(19(10-17)25(28)29)23-11-16-2-1-9-32-16/h1-10,23-24H,11-13H2. The van der Waals surface area contributed by atoms with Crippen molar-refractivity contribution < 1.29 is 36.5 Å². The van der Waals surface area contributed by atoms with Crippen molar-refractivity contribution in [2.24, 2.45) is 0 Å². The Balaban J connectivity index is 1.59. The lowest BCUT2D eigenvalue weighted by atomic mass is 10.1. The molecule has 0 radical (unpaired) electrons. The lowest BCUT2D eigenvalue weighted by Crippen LogP contribution is -2.31. The molecule has 2 aromatic carbocycles. The molecule has 0 saturated carbocycles. The van der Waals surface area contributed by atoms with Crippen LogP contribution in [0.15, 0.2) is 70.2 Å². The number of nitrogens with one attached hydrogen (secondary N) is 2. The number of carbonyl (C=O) groups is 2. The van der Waals surface area contributed by atoms with Gasteiger partial charge in [0.1, 0.15) is 23.8 Å². The summed E-state index contributed by atoms with van der Waals surface area (Å²) in [5.41, 5.74) is -0.316. The smallest absolute Gasteiger partial charge is 0.321 e. The number of nitro benzene ring substituents is 1. The van der Waals surface area contributed by atoms with Crippen LogP contribution in [0.4, 0.5) is 15.8 Å². The van der Waals surface area contributed by atoms with Crippen molar-refractivity contribution in [1.29, 1.82) is 0 Å². The maximum atomic E-state index is 12.9. The minimum Gasteiger partial charge on any atom is -0.467 e. The Kier molecular flexibility index (Phi) is 7.71. The number of hydrogen-bond acceptors (Lipinski definition) is 9. The van der Waals surface area contributed by atoms with Gasteiger partial charge < -0.3 is 14.5 Å². The minimum absolute atomic E-state index is 0.0686. The van der Waals surface area contributed by atoms with Crippen molar-refractivity contribution in [3.05, 3.63) is 88.1 Å². The monoisotopic (exact) mass is 491 g/mol. The number of hydrogen-bond donors (Lipinski definition) is 2. The molecule has 0 bridgehead atoms. The first-order valence-electron chi connectivity index (χ1n) is 9.64. The average molecular weight is 491 g/mol. The molecule has 0 fully saturated rings. The van der Waals surface area contributed by atoms with E-state index in [1.165, 1.54) is 24.5 Å². The summed E-state index contributed by atoms with van der Waals surface area (Å²) in [7, 11) is -4.31. The first kappa shape index (κ1) is 24.5. The fourth-order valence-corrected chi connectivity index (χ4v) is 3.72. The molecule has 0 unspecified atom stereocenters. The molecular formula is C21H18FN3O8S. The zero-order chi connectivity index (χ0) is 24.7. The van der Waals surface area contributed by atoms with Crippen molar-refractivity contribution >= 4 is 33.2 Å². The Bertz CT molecular complexity index is 1290. The number of ether oxygens (including phenoxy) is 1. The normalized spacial score (nSPS) is 11.1. The van der Waals surface area contributed by atoms with E-state index in [2.05, 4.69) is 5.32 Å². The second-order valence-corrected chi connectivity index (χ2v) is 8.55. The number of benzene rings is 2. The highest BCUT2D eigenvalue weighted by molar-refractivity contribution is 7.89. The van der Waals surface area contributed by atoms with Gasteiger partial charge in [-0.05, 0) is 48.5 Å². The molecule has 2 N–H and O–H groups in total. The zero-order valence-corrected chi connectivity index (χ0v) is 18.2. The van der Waals surface area contributed by atoms with Gasteiger partial charge in [-0.25, -0.2) is 12.8 Å². The van der Waals surface area contributed by atoms with E-state index in [-0.39, 0.29) is 17.8 Å². The van der Waals surface area contributed by atoms with Gasteiger partial charge in [0.2, 0.25) is 10.0 Å². The van der Waals surface area contributed by atoms with Crippen LogP contribution in [-0.4, -0.2) is 38.2 Å². The molecule has 11 nitrogen and oxygen atoms in total. The second kappa shape index (κ2) is 10.7. The summed E-state index contributed by atoms with van der Waals surface area (Å²) >= 11 is 0. The van der Waals surface area contributed by atoms with Crippen molar-refractivity contribution in [1.82, 2.24) is 4.72 Å². The van der Waals surface area contributed by atoms with Crippen molar-refractivity contribution in [2.45, 2.75) is 11.4 Å². The number of furan rings is 1. The van der Waals surface area contributed by atoms with E-state index in [4.69, 9.17) is 9.15 Å². The van der Waals surface area contributed by atoms with E-state index in [1.54, 1.807) is 12.1 Å². The molecule has 0 atom stereocenters. The molecule has 13 heteroatoms. The van der Waals surface area contributed by atoms with Gasteiger partial charge in [0.15, 0.2) is 12.4 Å². The molecule has 0 amide bonds. The summed E-state index contributed by atoms with van der Waals surface area (Å²) < 4.78 is 49.7. The third-order valence-corrected chi connectivity index (χ3v) is 5.85. The Morgan fingerprint density at radius 3 is 2.50 bits per heavy atom. The third-order valence-electron chi connectivity index (χ3n) is 4.45. The SMILES string of the molecule is O=C(CNS(=O)(=O)c1ccc(NCc2ccco2)c([N+](=O)[O-])c1)OCC(=O)c1ccc(F)cc1. The highest BCUT2D eigenvalue weighted by Crippen LogP contribution is 2.28. The molecule has 1 heterocycles. The van der Waals surface area contributed by atoms with E-state index < -0.39 is 56.3 Å². The van der Waals surface area contributed by atoms with E-state index in [1.807, 2.05) is 4.72 Å². The second-order valence-electron chi connectivity index (χ2n) is 6.78. The number of ketones is 1. The van der Waals surface area contributed by atoms with Gasteiger partial charge in [0.05, 0.1) is 22.6 Å². The Morgan fingerprint density at radius 1 is 1.12 bits per heavy atom. The predicted molar refractivity (Wildman–Crippen MR) is 116 cm³/mol. The molecular weight excluding hydrogens is 473 g/mol. The fourth-order valence-electron chi connectivity index (χ4n) is 2.73. The summed E-state index contributed by atoms with van der Waals surface area (Å²) in [4.78, 5) is 34.0. The van der Waals surface area contributed by atoms with Crippen LogP contribution in [0.1, 0.15) is 16.1 Å². The van der Waals surface area contributed by atoms with Gasteiger partial charge in [-0.3, -0.25) is 19.7 Å². The Morgan fingerprint density at radius 2 is 1.85 bits per heavy atom. The number of nitrogens with zero attached hydrogens (tertiary/aromatic N) is 1. The zero-order valence-electron chi connectivity index (χ0n) is 17.4. The molecule has 0 aliphatic heterocycles. The van der Waals surface area contributed by atoms with E-state index in [0.29, 0.717) is 5.76 Å². The Labute approximate surface area is 192 Å². The minimum atomic E-state index is -4.31. The molecule has 0 aliphatic carbocycles. The molecule has 1 aromatic heterocycles. The Hall–Kier alpha value is -4.10. The maximum absolute atomic E-state index is 12.9. The van der Waals surface area contributed by atoms with Gasteiger partial charge in [-0.1, -0.05) is 0 Å². The van der Waals surface area contributed by atoms with Crippen molar-refractivity contribution in [2.75, 3.05) is 18.5 Å². The van der Waals surface area contributed by atoms with Gasteiger partial charge in [0.25, 0.3) is 5.69 Å². The number of rotatable bonds is 11. The van der Waals surface area contributed by atoms with Gasteiger partial charge >= 0.3 is 5.97 Å². The lowest BCUT2D eigenvalue weighted by Gasteiger charge is -2.10. The molecule has 0 spiro atoms. The van der Waals surface area contributed by atoms with E-state index in [0.717, 1.165) is 24.3 Å². The van der Waals surface area contributed by atoms with Crippen LogP contribution in [0.3, 0.4) is 0 Å². The predicted octanol–water partition coefficient (Wildman–Crippen LogP) is 2.64. The molecule has 178 valence electrons. The number of carbonyl (C=O) groups excluding carboxylic acids is 2. The number of nitro groups is 1. The summed E-state index contributed by atoms with van der Waals surface area (Å²) in [5.74, 6) is -1.68. The van der Waals surface area contributed by atoms with Gasteiger partial charge in [0, 0.05) is 11.6 Å². The molecule has 3 aromatic rings. The highest BCUT2D eigenvalue weighted by atomic mass is 32.2. The molecule has 34 heavy (non-hydrogen) atoms. The largest absolute Gasteiger partial charge is 0.467 e. The summed E-state index contributed by atoms with van der Waals surface area (Å²) in [6.45, 7) is -1.35. The van der Waals surface area contributed by atoms with E-state index in [9.17, 15) is 32.5 Å². The third kappa shape index (κ3) is 6.46. The molecule has 3 rings (SSSR count).